The molecule has 1 aromatic heterocycles. The van der Waals surface area contributed by atoms with E-state index in [1.165, 1.54) is 5.56 Å². The molecular formula is C9H15N5S. The van der Waals surface area contributed by atoms with Crippen LogP contribution in [0.3, 0.4) is 0 Å². The van der Waals surface area contributed by atoms with Gasteiger partial charge in [-0.05, 0) is 22.4 Å². The van der Waals surface area contributed by atoms with Crippen LogP contribution in [0.2, 0.25) is 0 Å². The molecule has 5 nitrogen and oxygen atoms in total. The Labute approximate surface area is 93.1 Å². The largest absolute Gasteiger partial charge is 0.359 e. The van der Waals surface area contributed by atoms with E-state index in [2.05, 4.69) is 10.6 Å². The predicted octanol–water partition coefficient (Wildman–Crippen LogP) is 0.858. The van der Waals surface area contributed by atoms with Gasteiger partial charge in [-0.2, -0.15) is 11.3 Å². The summed E-state index contributed by atoms with van der Waals surface area (Å²) in [5.41, 5.74) is 1.17. The van der Waals surface area contributed by atoms with Crippen molar-refractivity contribution in [1.82, 2.24) is 15.5 Å². The third-order valence-corrected chi connectivity index (χ3v) is 2.61. The van der Waals surface area contributed by atoms with Crippen LogP contribution < -0.4 is 10.6 Å². The zero-order valence-corrected chi connectivity index (χ0v) is 9.61. The molecule has 0 spiro atoms. The van der Waals surface area contributed by atoms with E-state index in [0.29, 0.717) is 6.54 Å². The van der Waals surface area contributed by atoms with Crippen LogP contribution in [0.25, 0.3) is 0 Å². The summed E-state index contributed by atoms with van der Waals surface area (Å²) in [6.45, 7) is 0.673. The molecule has 0 atom stereocenters. The Morgan fingerprint density at radius 2 is 2.27 bits per heavy atom. The van der Waals surface area contributed by atoms with Crippen LogP contribution in [-0.2, 0) is 6.54 Å². The van der Waals surface area contributed by atoms with Crippen LogP contribution in [0.4, 0.5) is 0 Å². The van der Waals surface area contributed by atoms with Gasteiger partial charge in [-0.25, -0.2) is 0 Å². The predicted molar refractivity (Wildman–Crippen MR) is 63.4 cm³/mol. The Morgan fingerprint density at radius 1 is 1.53 bits per heavy atom. The lowest BCUT2D eigenvalue weighted by molar-refractivity contribution is 0.485. The second-order valence-corrected chi connectivity index (χ2v) is 3.87. The molecule has 15 heavy (non-hydrogen) atoms. The number of nitrogens with zero attached hydrogens (tertiary/aromatic N) is 1. The minimum absolute atomic E-state index is 0.122. The first-order chi connectivity index (χ1) is 7.13. The van der Waals surface area contributed by atoms with Crippen molar-refractivity contribution in [3.63, 3.8) is 0 Å². The van der Waals surface area contributed by atoms with Gasteiger partial charge >= 0.3 is 0 Å². The molecule has 82 valence electrons. The smallest absolute Gasteiger partial charge is 0.197 e. The van der Waals surface area contributed by atoms with E-state index >= 15 is 0 Å². The molecule has 1 heterocycles. The van der Waals surface area contributed by atoms with Gasteiger partial charge in [0, 0.05) is 20.6 Å². The number of hydrogen-bond donors (Lipinski definition) is 4. The van der Waals surface area contributed by atoms with Crippen LogP contribution in [0, 0.1) is 10.8 Å². The van der Waals surface area contributed by atoms with Crippen molar-refractivity contribution in [2.45, 2.75) is 6.54 Å². The van der Waals surface area contributed by atoms with Crippen molar-refractivity contribution in [1.29, 1.82) is 10.8 Å². The fourth-order valence-corrected chi connectivity index (χ4v) is 1.67. The van der Waals surface area contributed by atoms with Crippen molar-refractivity contribution in [3.05, 3.63) is 22.4 Å². The van der Waals surface area contributed by atoms with E-state index in [4.69, 9.17) is 10.8 Å². The van der Waals surface area contributed by atoms with Gasteiger partial charge in [-0.1, -0.05) is 0 Å². The molecule has 0 aliphatic rings. The molecule has 0 amide bonds. The summed E-state index contributed by atoms with van der Waals surface area (Å²) in [5.74, 6) is 0.331. The van der Waals surface area contributed by atoms with Gasteiger partial charge in [-0.15, -0.1) is 0 Å². The van der Waals surface area contributed by atoms with Gasteiger partial charge in [0.15, 0.2) is 11.9 Å². The summed E-state index contributed by atoms with van der Waals surface area (Å²) in [6, 6.07) is 2.03. The van der Waals surface area contributed by atoms with Gasteiger partial charge in [0.25, 0.3) is 0 Å². The molecule has 1 aromatic rings. The third-order valence-electron chi connectivity index (χ3n) is 1.87. The van der Waals surface area contributed by atoms with E-state index < -0.39 is 0 Å². The highest BCUT2D eigenvalue weighted by Crippen LogP contribution is 2.07. The number of rotatable bonds is 2. The maximum absolute atomic E-state index is 7.67. The lowest BCUT2D eigenvalue weighted by atomic mass is 10.3. The molecule has 6 heteroatoms. The van der Waals surface area contributed by atoms with Crippen LogP contribution in [0.5, 0.6) is 0 Å². The van der Waals surface area contributed by atoms with Crippen molar-refractivity contribution < 1.29 is 0 Å². The third kappa shape index (κ3) is 3.59. The molecular weight excluding hydrogens is 210 g/mol. The monoisotopic (exact) mass is 225 g/mol. The van der Waals surface area contributed by atoms with E-state index in [1.54, 1.807) is 23.3 Å². The summed E-state index contributed by atoms with van der Waals surface area (Å²) in [7, 11) is 3.46. The second-order valence-electron chi connectivity index (χ2n) is 3.09. The van der Waals surface area contributed by atoms with Crippen LogP contribution in [0.1, 0.15) is 5.56 Å². The standard InChI is InChI=1S/C9H15N5S/c1-12-8(10)13-9(11)14(2)5-7-3-4-15-6-7/h3-4,6H,5H2,1-2H3,(H4,10,11,12,13). The maximum atomic E-state index is 7.67. The highest BCUT2D eigenvalue weighted by atomic mass is 32.1. The van der Waals surface area contributed by atoms with Crippen molar-refractivity contribution in [2.75, 3.05) is 14.1 Å². The number of guanidine groups is 2. The van der Waals surface area contributed by atoms with Crippen molar-refractivity contribution in [2.24, 2.45) is 0 Å². The second kappa shape index (κ2) is 5.35. The molecule has 1 rings (SSSR count). The molecule has 0 radical (unpaired) electrons. The quantitative estimate of drug-likeness (QED) is 0.445. The van der Waals surface area contributed by atoms with E-state index in [1.807, 2.05) is 23.9 Å². The lowest BCUT2D eigenvalue weighted by Crippen LogP contribution is -2.45. The maximum Gasteiger partial charge on any atom is 0.197 e. The Hall–Kier alpha value is -1.56. The van der Waals surface area contributed by atoms with Gasteiger partial charge in [0.2, 0.25) is 0 Å². The summed E-state index contributed by atoms with van der Waals surface area (Å²) in [5, 5.41) is 24.3. The first-order valence-corrected chi connectivity index (χ1v) is 5.42. The van der Waals surface area contributed by atoms with Gasteiger partial charge < -0.3 is 10.2 Å². The van der Waals surface area contributed by atoms with E-state index in [0.717, 1.165) is 0 Å². The Kier molecular flexibility index (Phi) is 4.11. The highest BCUT2D eigenvalue weighted by Gasteiger charge is 2.06. The topological polar surface area (TPSA) is 75.0 Å². The molecule has 0 aliphatic heterocycles. The molecule has 0 bridgehead atoms. The van der Waals surface area contributed by atoms with E-state index in [-0.39, 0.29) is 11.9 Å². The van der Waals surface area contributed by atoms with Crippen molar-refractivity contribution in [3.8, 4) is 0 Å². The minimum Gasteiger partial charge on any atom is -0.359 e. The highest BCUT2D eigenvalue weighted by molar-refractivity contribution is 7.07. The molecule has 0 fully saturated rings. The van der Waals surface area contributed by atoms with Gasteiger partial charge in [0.05, 0.1) is 0 Å². The Bertz CT molecular complexity index is 332. The zero-order valence-electron chi connectivity index (χ0n) is 8.79. The van der Waals surface area contributed by atoms with Gasteiger partial charge in [0.1, 0.15) is 0 Å². The summed E-state index contributed by atoms with van der Waals surface area (Å²) < 4.78 is 0. The number of hydrogen-bond acceptors (Lipinski definition) is 3. The first-order valence-electron chi connectivity index (χ1n) is 4.47. The SMILES string of the molecule is CNC(=N)NC(=N)N(C)Cc1ccsc1. The lowest BCUT2D eigenvalue weighted by Gasteiger charge is -2.20. The first kappa shape index (κ1) is 11.5. The normalized spacial score (nSPS) is 9.47. The molecule has 0 saturated heterocycles. The average molecular weight is 225 g/mol. The fourth-order valence-electron chi connectivity index (χ4n) is 1.01. The number of thiophene rings is 1. The summed E-state index contributed by atoms with van der Waals surface area (Å²) in [4.78, 5) is 1.74. The van der Waals surface area contributed by atoms with E-state index in [9.17, 15) is 0 Å². The van der Waals surface area contributed by atoms with Crippen LogP contribution in [-0.4, -0.2) is 30.9 Å². The molecule has 0 unspecified atom stereocenters. The Balaban J connectivity index is 2.43. The summed E-state index contributed by atoms with van der Waals surface area (Å²) in [6.07, 6.45) is 0. The summed E-state index contributed by atoms with van der Waals surface area (Å²) >= 11 is 1.64. The molecule has 0 aromatic carbocycles. The molecule has 0 aliphatic carbocycles. The average Bonchev–Trinajstić information content (AvgIpc) is 2.70. The van der Waals surface area contributed by atoms with Crippen LogP contribution in [0.15, 0.2) is 16.8 Å². The Morgan fingerprint density at radius 3 is 2.80 bits per heavy atom. The number of nitrogens with one attached hydrogen (secondary N) is 4. The van der Waals surface area contributed by atoms with Gasteiger partial charge in [-0.3, -0.25) is 16.1 Å². The zero-order chi connectivity index (χ0) is 11.3. The molecule has 0 saturated carbocycles. The van der Waals surface area contributed by atoms with Crippen molar-refractivity contribution >= 4 is 23.3 Å². The fraction of sp³-hybridized carbons (Fsp3) is 0.333. The van der Waals surface area contributed by atoms with Crippen LogP contribution >= 0.6 is 11.3 Å². The minimum atomic E-state index is 0.122. The molecule has 4 N–H and O–H groups in total.